The normalized spacial score (nSPS) is 36.0. The van der Waals surface area contributed by atoms with E-state index >= 15 is 4.79 Å². The molecule has 14 nitrogen and oxygen atoms in total. The molecule has 5 saturated carbocycles. The molecule has 11 rings (SSSR count). The van der Waals surface area contributed by atoms with Crippen molar-refractivity contribution in [1.82, 2.24) is 15.7 Å². The molecule has 5 aliphatic carbocycles. The molecule has 2 amide bonds. The van der Waals surface area contributed by atoms with Crippen LogP contribution in [0.1, 0.15) is 146 Å². The SMILES string of the molecule is CC(C)(C)OC(=O)CC[C@@H](CO)NC(=O)c1cccc(CNC(=O)[C@@]23C[C@H]4OC(=O)[C@@H]2N(Cc2ccccc2C=C2CCC5O[C@]5(C)CC[C@@H]5[C@@H]2CC5(C)C)O[C@@H]3[C@H]2OC(C3CC3)(C3CC3)O[C@H]24)c1. The van der Waals surface area contributed by atoms with E-state index in [0.717, 1.165) is 68.9 Å². The zero-order chi connectivity index (χ0) is 48.3. The molecule has 0 aromatic heterocycles. The number of carbonyl (C=O) groups is 4. The Morgan fingerprint density at radius 1 is 0.942 bits per heavy atom. The van der Waals surface area contributed by atoms with Crippen molar-refractivity contribution in [2.45, 2.75) is 191 Å². The van der Waals surface area contributed by atoms with Gasteiger partial charge in [-0.1, -0.05) is 61.9 Å². The van der Waals surface area contributed by atoms with Crippen molar-refractivity contribution in [2.24, 2.45) is 34.5 Å². The summed E-state index contributed by atoms with van der Waals surface area (Å²) in [5, 5.41) is 17.8. The van der Waals surface area contributed by atoms with E-state index in [2.05, 4.69) is 55.7 Å². The number of carbonyl (C=O) groups excluding carboxylic acids is 4. The molecule has 2 bridgehead atoms. The molecule has 3 N–H and O–H groups in total. The first kappa shape index (κ1) is 47.2. The van der Waals surface area contributed by atoms with Gasteiger partial charge in [-0.25, -0.2) is 0 Å². The Balaban J connectivity index is 0.855. The number of nitrogens with zero attached hydrogens (tertiary/aromatic N) is 1. The van der Waals surface area contributed by atoms with Crippen LogP contribution in [0.3, 0.4) is 0 Å². The molecular weight excluding hydrogens is 879 g/mol. The summed E-state index contributed by atoms with van der Waals surface area (Å²) in [6.45, 7) is 12.4. The Bertz CT molecular complexity index is 2390. The van der Waals surface area contributed by atoms with Gasteiger partial charge >= 0.3 is 11.9 Å². The summed E-state index contributed by atoms with van der Waals surface area (Å²) in [5.74, 6) is -0.854. The average Bonchev–Trinajstić information content (AvgIpc) is 4.26. The zero-order valence-electron chi connectivity index (χ0n) is 41.1. The number of aliphatic hydroxyl groups excluding tert-OH is 1. The molecular formula is C55H71N3O11. The van der Waals surface area contributed by atoms with E-state index in [0.29, 0.717) is 29.1 Å². The van der Waals surface area contributed by atoms with Gasteiger partial charge in [0.25, 0.3) is 5.91 Å². The average molecular weight is 950 g/mol. The van der Waals surface area contributed by atoms with Crippen LogP contribution in [0.15, 0.2) is 54.1 Å². The van der Waals surface area contributed by atoms with Crippen LogP contribution >= 0.6 is 0 Å². The summed E-state index contributed by atoms with van der Waals surface area (Å²) in [4.78, 5) is 62.8. The minimum Gasteiger partial charge on any atom is -0.460 e. The molecule has 0 radical (unpaired) electrons. The fraction of sp³-hybridized carbons (Fsp3) is 0.673. The first-order chi connectivity index (χ1) is 32.9. The maximum absolute atomic E-state index is 15.3. The second kappa shape index (κ2) is 17.3. The van der Waals surface area contributed by atoms with Gasteiger partial charge in [-0.2, -0.15) is 5.06 Å². The van der Waals surface area contributed by atoms with Crippen LogP contribution in [0.25, 0.3) is 6.08 Å². The van der Waals surface area contributed by atoms with Crippen LogP contribution in [-0.2, 0) is 56.0 Å². The van der Waals surface area contributed by atoms with E-state index in [1.165, 1.54) is 5.57 Å². The van der Waals surface area contributed by atoms with E-state index in [9.17, 15) is 19.5 Å². The van der Waals surface area contributed by atoms with Crippen molar-refractivity contribution in [1.29, 1.82) is 0 Å². The molecule has 372 valence electrons. The van der Waals surface area contributed by atoms with E-state index in [4.69, 9.17) is 28.5 Å². The highest BCUT2D eigenvalue weighted by molar-refractivity contribution is 5.95. The Kier molecular flexibility index (Phi) is 11.8. The lowest BCUT2D eigenvalue weighted by atomic mass is 9.52. The Morgan fingerprint density at radius 2 is 1.70 bits per heavy atom. The van der Waals surface area contributed by atoms with Crippen LogP contribution in [0.2, 0.25) is 0 Å². The number of hydrogen-bond donors (Lipinski definition) is 3. The van der Waals surface area contributed by atoms with Crippen LogP contribution < -0.4 is 10.6 Å². The molecule has 4 aliphatic heterocycles. The van der Waals surface area contributed by atoms with Gasteiger partial charge in [-0.3, -0.25) is 24.0 Å². The van der Waals surface area contributed by atoms with Gasteiger partial charge in [-0.05, 0) is 138 Å². The molecule has 2 aromatic rings. The highest BCUT2D eigenvalue weighted by Gasteiger charge is 2.78. The number of epoxide rings is 1. The summed E-state index contributed by atoms with van der Waals surface area (Å²) in [6.07, 6.45) is 9.85. The smallest absolute Gasteiger partial charge is 0.327 e. The molecule has 1 unspecified atom stereocenters. The molecule has 9 fully saturated rings. The topological polar surface area (TPSA) is 174 Å². The first-order valence-corrected chi connectivity index (χ1v) is 25.9. The summed E-state index contributed by atoms with van der Waals surface area (Å²) >= 11 is 0. The Labute approximate surface area is 405 Å². The minimum absolute atomic E-state index is 0.00874. The summed E-state index contributed by atoms with van der Waals surface area (Å²) in [6, 6.07) is 13.5. The number of aliphatic hydroxyl groups is 1. The van der Waals surface area contributed by atoms with Crippen molar-refractivity contribution >= 4 is 29.8 Å². The van der Waals surface area contributed by atoms with Crippen molar-refractivity contribution in [3.8, 4) is 0 Å². The molecule has 4 heterocycles. The number of fused-ring (bicyclic) bond motifs is 6. The van der Waals surface area contributed by atoms with E-state index in [1.54, 1.807) is 44.0 Å². The summed E-state index contributed by atoms with van der Waals surface area (Å²) in [5.41, 5.74) is 2.79. The number of hydroxylamine groups is 2. The van der Waals surface area contributed by atoms with Crippen molar-refractivity contribution in [2.75, 3.05) is 6.61 Å². The number of allylic oxidation sites excluding steroid dienone is 1. The lowest BCUT2D eigenvalue weighted by molar-refractivity contribution is -0.235. The third kappa shape index (κ3) is 8.66. The molecule has 14 heteroatoms. The number of hydrogen-bond acceptors (Lipinski definition) is 12. The van der Waals surface area contributed by atoms with Gasteiger partial charge in [-0.15, -0.1) is 0 Å². The maximum Gasteiger partial charge on any atom is 0.327 e. The highest BCUT2D eigenvalue weighted by atomic mass is 16.8. The Morgan fingerprint density at radius 3 is 2.42 bits per heavy atom. The van der Waals surface area contributed by atoms with Gasteiger partial charge in [0.2, 0.25) is 5.91 Å². The van der Waals surface area contributed by atoms with Crippen LogP contribution in [0.5, 0.6) is 0 Å². The highest BCUT2D eigenvalue weighted by Crippen LogP contribution is 2.64. The van der Waals surface area contributed by atoms with Crippen LogP contribution in [0.4, 0.5) is 0 Å². The lowest BCUT2D eigenvalue weighted by Crippen LogP contribution is -2.69. The monoisotopic (exact) mass is 950 g/mol. The van der Waals surface area contributed by atoms with E-state index in [-0.39, 0.29) is 67.7 Å². The van der Waals surface area contributed by atoms with Crippen molar-refractivity contribution in [3.05, 3.63) is 76.4 Å². The van der Waals surface area contributed by atoms with Gasteiger partial charge in [0.15, 0.2) is 11.8 Å². The number of ether oxygens (including phenoxy) is 5. The second-order valence-electron chi connectivity index (χ2n) is 23.8. The standard InChI is InChI=1S/C55H71N3O11/c1-51(2,3)66-43(60)21-19-38(30-59)57-48(61)34-13-9-10-31(24-34)28-56-50(63)54-27-41-44-45(68-55(67-44,36-15-16-36)37-17-18-37)47(54)69-58(46(54)49(62)64-41)29-35-12-8-7-11-32(35)25-33-14-20-42-53(6,65-42)23-22-40-39(33)26-52(40,4)5/h7-13,24-25,36-42,44-47,59H,14-23,26-30H2,1-6H3,(H,56,63)(H,57,61)/t38-,39+,40+,41+,42?,44-,45-,46-,47+,53+,54-/m0/s1. The molecule has 11 atom stereocenters. The lowest BCUT2D eigenvalue weighted by Gasteiger charge is -2.53. The predicted molar refractivity (Wildman–Crippen MR) is 252 cm³/mol. The summed E-state index contributed by atoms with van der Waals surface area (Å²) in [7, 11) is 0. The number of esters is 2. The third-order valence-electron chi connectivity index (χ3n) is 17.3. The second-order valence-corrected chi connectivity index (χ2v) is 23.8. The zero-order valence-corrected chi connectivity index (χ0v) is 41.1. The fourth-order valence-corrected chi connectivity index (χ4v) is 13.4. The summed E-state index contributed by atoms with van der Waals surface area (Å²) < 4.78 is 32.1. The fourth-order valence-electron chi connectivity index (χ4n) is 13.4. The van der Waals surface area contributed by atoms with Gasteiger partial charge in [0.1, 0.15) is 35.4 Å². The van der Waals surface area contributed by atoms with Crippen LogP contribution in [0, 0.1) is 34.5 Å². The molecule has 9 aliphatic rings. The largest absolute Gasteiger partial charge is 0.460 e. The van der Waals surface area contributed by atoms with E-state index in [1.807, 2.05) is 12.1 Å². The number of rotatable bonds is 14. The van der Waals surface area contributed by atoms with Crippen molar-refractivity contribution < 1.29 is 52.8 Å². The number of nitrogens with one attached hydrogen (secondary N) is 2. The number of benzene rings is 2. The predicted octanol–water partition coefficient (Wildman–Crippen LogP) is 7.09. The third-order valence-corrected chi connectivity index (χ3v) is 17.3. The molecule has 2 aromatic carbocycles. The quantitative estimate of drug-likeness (QED) is 0.130. The Hall–Kier alpha value is -4.18. The van der Waals surface area contributed by atoms with Crippen molar-refractivity contribution in [3.63, 3.8) is 0 Å². The number of amides is 2. The first-order valence-electron chi connectivity index (χ1n) is 25.9. The minimum atomic E-state index is -1.36. The van der Waals surface area contributed by atoms with Gasteiger partial charge < -0.3 is 39.4 Å². The molecule has 69 heavy (non-hydrogen) atoms. The van der Waals surface area contributed by atoms with Crippen LogP contribution in [-0.4, -0.2) is 100 Å². The van der Waals surface area contributed by atoms with E-state index < -0.39 is 71.1 Å². The van der Waals surface area contributed by atoms with Gasteiger partial charge in [0.05, 0.1) is 30.9 Å². The van der Waals surface area contributed by atoms with Gasteiger partial charge in [0, 0.05) is 36.8 Å². The molecule has 4 saturated heterocycles. The maximum atomic E-state index is 15.3. The molecule has 0 spiro atoms.